The highest BCUT2D eigenvalue weighted by molar-refractivity contribution is 5.95. The molecule has 1 aliphatic rings. The Labute approximate surface area is 107 Å². The lowest BCUT2D eigenvalue weighted by Gasteiger charge is -2.19. The van der Waals surface area contributed by atoms with Crippen LogP contribution < -0.4 is 21.1 Å². The van der Waals surface area contributed by atoms with Crippen LogP contribution in [0.5, 0.6) is 5.75 Å². The third-order valence-electron chi connectivity index (χ3n) is 2.93. The van der Waals surface area contributed by atoms with E-state index in [1.807, 2.05) is 18.2 Å². The van der Waals surface area contributed by atoms with Gasteiger partial charge in [-0.05, 0) is 37.1 Å². The van der Waals surface area contributed by atoms with E-state index < -0.39 is 0 Å². The van der Waals surface area contributed by atoms with Crippen molar-refractivity contribution in [3.05, 3.63) is 18.2 Å². The lowest BCUT2D eigenvalue weighted by molar-refractivity contribution is -0.118. The summed E-state index contributed by atoms with van der Waals surface area (Å²) in [7, 11) is 0. The first-order chi connectivity index (χ1) is 8.69. The summed E-state index contributed by atoms with van der Waals surface area (Å²) >= 11 is 0. The molecule has 5 nitrogen and oxygen atoms in total. The van der Waals surface area contributed by atoms with Crippen LogP contribution in [-0.2, 0) is 4.79 Å². The van der Waals surface area contributed by atoms with Crippen molar-refractivity contribution in [2.45, 2.75) is 13.3 Å². The molecule has 1 unspecified atom stereocenters. The largest absolute Gasteiger partial charge is 0.482 e. The van der Waals surface area contributed by atoms with Crippen LogP contribution in [0.2, 0.25) is 0 Å². The maximum Gasteiger partial charge on any atom is 0.262 e. The average molecular weight is 249 g/mol. The fourth-order valence-corrected chi connectivity index (χ4v) is 1.87. The SMILES string of the molecule is CC(CCN)CNc1ccc2c(c1)NC(=O)CO2. The van der Waals surface area contributed by atoms with Crippen molar-refractivity contribution < 1.29 is 9.53 Å². The molecule has 1 aliphatic heterocycles. The van der Waals surface area contributed by atoms with Crippen molar-refractivity contribution >= 4 is 17.3 Å². The van der Waals surface area contributed by atoms with Crippen LogP contribution >= 0.6 is 0 Å². The number of benzene rings is 1. The van der Waals surface area contributed by atoms with E-state index in [1.165, 1.54) is 0 Å². The molecule has 0 aromatic heterocycles. The second-order valence-corrected chi connectivity index (χ2v) is 4.61. The van der Waals surface area contributed by atoms with E-state index in [0.29, 0.717) is 12.5 Å². The van der Waals surface area contributed by atoms with Gasteiger partial charge in [0.25, 0.3) is 5.91 Å². The number of nitrogens with one attached hydrogen (secondary N) is 2. The van der Waals surface area contributed by atoms with Crippen molar-refractivity contribution in [2.24, 2.45) is 11.7 Å². The van der Waals surface area contributed by atoms with E-state index in [2.05, 4.69) is 17.6 Å². The van der Waals surface area contributed by atoms with Crippen molar-refractivity contribution in [1.29, 1.82) is 0 Å². The molecular formula is C13H19N3O2. The monoisotopic (exact) mass is 249 g/mol. The molecule has 5 heteroatoms. The van der Waals surface area contributed by atoms with Crippen molar-refractivity contribution in [3.8, 4) is 5.75 Å². The van der Waals surface area contributed by atoms with Gasteiger partial charge < -0.3 is 21.1 Å². The van der Waals surface area contributed by atoms with Gasteiger partial charge >= 0.3 is 0 Å². The number of anilines is 2. The van der Waals surface area contributed by atoms with E-state index in [9.17, 15) is 4.79 Å². The van der Waals surface area contributed by atoms with E-state index in [4.69, 9.17) is 10.5 Å². The van der Waals surface area contributed by atoms with Crippen molar-refractivity contribution in [1.82, 2.24) is 0 Å². The van der Waals surface area contributed by atoms with Gasteiger partial charge in [-0.25, -0.2) is 0 Å². The van der Waals surface area contributed by atoms with Crippen molar-refractivity contribution in [2.75, 3.05) is 30.3 Å². The molecule has 0 aliphatic carbocycles. The van der Waals surface area contributed by atoms with Crippen LogP contribution in [0.25, 0.3) is 0 Å². The van der Waals surface area contributed by atoms with E-state index in [1.54, 1.807) is 0 Å². The lowest BCUT2D eigenvalue weighted by Crippen LogP contribution is -2.25. The second kappa shape index (κ2) is 5.73. The number of nitrogens with two attached hydrogens (primary N) is 1. The molecule has 2 rings (SSSR count). The average Bonchev–Trinajstić information content (AvgIpc) is 2.36. The third kappa shape index (κ3) is 3.13. The summed E-state index contributed by atoms with van der Waals surface area (Å²) < 4.78 is 5.30. The second-order valence-electron chi connectivity index (χ2n) is 4.61. The Balaban J connectivity index is 1.98. The van der Waals surface area contributed by atoms with Gasteiger partial charge in [-0.1, -0.05) is 6.92 Å². The van der Waals surface area contributed by atoms with Crippen LogP contribution in [-0.4, -0.2) is 25.6 Å². The summed E-state index contributed by atoms with van der Waals surface area (Å²) in [5, 5.41) is 6.12. The normalized spacial score (nSPS) is 15.3. The summed E-state index contributed by atoms with van der Waals surface area (Å²) in [6.45, 7) is 3.82. The maximum atomic E-state index is 11.2. The number of carbonyl (C=O) groups excluding carboxylic acids is 1. The molecular weight excluding hydrogens is 230 g/mol. The minimum absolute atomic E-state index is 0.0906. The Morgan fingerprint density at radius 1 is 1.56 bits per heavy atom. The summed E-state index contributed by atoms with van der Waals surface area (Å²) in [5.41, 5.74) is 7.21. The Morgan fingerprint density at radius 3 is 3.17 bits per heavy atom. The first kappa shape index (κ1) is 12.7. The number of amides is 1. The molecule has 1 amide bonds. The Hall–Kier alpha value is -1.75. The minimum atomic E-state index is -0.115. The van der Waals surface area contributed by atoms with Gasteiger partial charge in [0.1, 0.15) is 5.75 Å². The summed E-state index contributed by atoms with van der Waals surface area (Å²) in [6, 6.07) is 5.71. The molecule has 0 radical (unpaired) electrons. The molecule has 18 heavy (non-hydrogen) atoms. The first-order valence-corrected chi connectivity index (χ1v) is 6.19. The maximum absolute atomic E-state index is 11.2. The number of hydrogen-bond donors (Lipinski definition) is 3. The summed E-state index contributed by atoms with van der Waals surface area (Å²) in [6.07, 6.45) is 0.998. The fraction of sp³-hybridized carbons (Fsp3) is 0.462. The standard InChI is InChI=1S/C13H19N3O2/c1-9(4-5-14)7-15-10-2-3-12-11(6-10)16-13(17)8-18-12/h2-3,6,9,15H,4-5,7-8,14H2,1H3,(H,16,17). The van der Waals surface area contributed by atoms with Crippen LogP contribution in [0.1, 0.15) is 13.3 Å². The van der Waals surface area contributed by atoms with Gasteiger partial charge in [-0.3, -0.25) is 4.79 Å². The molecule has 0 fully saturated rings. The zero-order chi connectivity index (χ0) is 13.0. The molecule has 98 valence electrons. The third-order valence-corrected chi connectivity index (χ3v) is 2.93. The molecule has 4 N–H and O–H groups in total. The van der Waals surface area contributed by atoms with Crippen LogP contribution in [0.3, 0.4) is 0 Å². The van der Waals surface area contributed by atoms with Crippen LogP contribution in [0.4, 0.5) is 11.4 Å². The molecule has 1 aromatic carbocycles. The summed E-state index contributed by atoms with van der Waals surface area (Å²) in [4.78, 5) is 11.2. The topological polar surface area (TPSA) is 76.4 Å². The number of ether oxygens (including phenoxy) is 1. The van der Waals surface area contributed by atoms with Crippen LogP contribution in [0, 0.1) is 5.92 Å². The molecule has 1 atom stereocenters. The van der Waals surface area contributed by atoms with Gasteiger partial charge in [0.15, 0.2) is 6.61 Å². The van der Waals surface area contributed by atoms with Gasteiger partial charge in [0, 0.05) is 12.2 Å². The molecule has 0 bridgehead atoms. The highest BCUT2D eigenvalue weighted by Gasteiger charge is 2.15. The number of fused-ring (bicyclic) bond motifs is 1. The number of carbonyl (C=O) groups is 1. The number of hydrogen-bond acceptors (Lipinski definition) is 4. The molecule has 0 saturated heterocycles. The Kier molecular flexibility index (Phi) is 4.04. The zero-order valence-corrected chi connectivity index (χ0v) is 10.5. The highest BCUT2D eigenvalue weighted by atomic mass is 16.5. The molecule has 1 aromatic rings. The zero-order valence-electron chi connectivity index (χ0n) is 10.5. The quantitative estimate of drug-likeness (QED) is 0.737. The van der Waals surface area contributed by atoms with Gasteiger partial charge in [0.2, 0.25) is 0 Å². The predicted octanol–water partition coefficient (Wildman–Crippen LogP) is 1.41. The van der Waals surface area contributed by atoms with Crippen LogP contribution in [0.15, 0.2) is 18.2 Å². The molecule has 1 heterocycles. The van der Waals surface area contributed by atoms with E-state index in [0.717, 1.165) is 30.1 Å². The predicted molar refractivity (Wildman–Crippen MR) is 71.9 cm³/mol. The lowest BCUT2D eigenvalue weighted by atomic mass is 10.1. The highest BCUT2D eigenvalue weighted by Crippen LogP contribution is 2.30. The Morgan fingerprint density at radius 2 is 2.39 bits per heavy atom. The minimum Gasteiger partial charge on any atom is -0.482 e. The smallest absolute Gasteiger partial charge is 0.262 e. The molecule has 0 saturated carbocycles. The molecule has 0 spiro atoms. The summed E-state index contributed by atoms with van der Waals surface area (Å²) in [5.74, 6) is 1.13. The Bertz CT molecular complexity index is 434. The van der Waals surface area contributed by atoms with E-state index in [-0.39, 0.29) is 12.5 Å². The first-order valence-electron chi connectivity index (χ1n) is 6.19. The van der Waals surface area contributed by atoms with Gasteiger partial charge in [-0.15, -0.1) is 0 Å². The fourth-order valence-electron chi connectivity index (χ4n) is 1.87. The van der Waals surface area contributed by atoms with Gasteiger partial charge in [-0.2, -0.15) is 0 Å². The van der Waals surface area contributed by atoms with E-state index >= 15 is 0 Å². The van der Waals surface area contributed by atoms with Crippen molar-refractivity contribution in [3.63, 3.8) is 0 Å². The number of rotatable bonds is 5. The van der Waals surface area contributed by atoms with Gasteiger partial charge in [0.05, 0.1) is 5.69 Å².